The molecule has 2 rings (SSSR count). The van der Waals surface area contributed by atoms with Crippen molar-refractivity contribution in [2.45, 2.75) is 27.7 Å². The van der Waals surface area contributed by atoms with Crippen molar-refractivity contribution in [2.75, 3.05) is 33.0 Å². The van der Waals surface area contributed by atoms with Gasteiger partial charge in [-0.05, 0) is 52.0 Å². The SMILES string of the molecule is CCOc1ccccc1C=NNC(=O)CNC(=O)c1cc(OCC)c(OCC)c(OCC)c1. The molecule has 2 aromatic rings. The molecule has 9 nitrogen and oxygen atoms in total. The molecule has 33 heavy (non-hydrogen) atoms. The number of hydrogen-bond acceptors (Lipinski definition) is 7. The number of hydrogen-bond donors (Lipinski definition) is 2. The maximum absolute atomic E-state index is 12.6. The summed E-state index contributed by atoms with van der Waals surface area (Å²) in [6.45, 7) is 8.87. The van der Waals surface area contributed by atoms with Crippen LogP contribution in [0, 0.1) is 0 Å². The van der Waals surface area contributed by atoms with E-state index in [0.29, 0.717) is 49.4 Å². The molecular formula is C24H31N3O6. The Hall–Kier alpha value is -3.75. The largest absolute Gasteiger partial charge is 0.493 e. The van der Waals surface area contributed by atoms with E-state index in [1.54, 1.807) is 12.1 Å². The van der Waals surface area contributed by atoms with E-state index in [1.807, 2.05) is 52.0 Å². The van der Waals surface area contributed by atoms with Crippen molar-refractivity contribution in [1.82, 2.24) is 10.7 Å². The van der Waals surface area contributed by atoms with Crippen LogP contribution in [0.2, 0.25) is 0 Å². The van der Waals surface area contributed by atoms with Gasteiger partial charge in [-0.3, -0.25) is 9.59 Å². The molecule has 9 heteroatoms. The normalized spacial score (nSPS) is 10.5. The molecule has 0 atom stereocenters. The van der Waals surface area contributed by atoms with Gasteiger partial charge in [0.05, 0.1) is 39.2 Å². The summed E-state index contributed by atoms with van der Waals surface area (Å²) in [6.07, 6.45) is 1.49. The van der Waals surface area contributed by atoms with E-state index < -0.39 is 11.8 Å². The highest BCUT2D eigenvalue weighted by Gasteiger charge is 2.18. The smallest absolute Gasteiger partial charge is 0.259 e. The summed E-state index contributed by atoms with van der Waals surface area (Å²) in [6, 6.07) is 10.5. The Labute approximate surface area is 194 Å². The quantitative estimate of drug-likeness (QED) is 0.353. The van der Waals surface area contributed by atoms with Crippen molar-refractivity contribution in [3.63, 3.8) is 0 Å². The van der Waals surface area contributed by atoms with E-state index in [0.717, 1.165) is 5.56 Å². The van der Waals surface area contributed by atoms with Crippen LogP contribution < -0.4 is 29.7 Å². The molecule has 0 saturated heterocycles. The maximum atomic E-state index is 12.6. The van der Waals surface area contributed by atoms with Gasteiger partial charge in [-0.15, -0.1) is 0 Å². The van der Waals surface area contributed by atoms with Crippen LogP contribution in [0.15, 0.2) is 41.5 Å². The Bertz CT molecular complexity index is 934. The zero-order valence-corrected chi connectivity index (χ0v) is 19.5. The highest BCUT2D eigenvalue weighted by molar-refractivity contribution is 5.97. The standard InChI is InChI=1S/C24H31N3O6/c1-5-30-19-12-10-9-11-17(19)15-26-27-22(28)16-25-24(29)18-13-20(31-6-2)23(33-8-4)21(14-18)32-7-3/h9-15H,5-8,16H2,1-4H3,(H,25,29)(H,27,28). The lowest BCUT2D eigenvalue weighted by Gasteiger charge is -2.17. The highest BCUT2D eigenvalue weighted by Crippen LogP contribution is 2.39. The predicted molar refractivity (Wildman–Crippen MR) is 126 cm³/mol. The van der Waals surface area contributed by atoms with Gasteiger partial charge in [-0.2, -0.15) is 5.10 Å². The Morgan fingerprint density at radius 3 is 2.03 bits per heavy atom. The fraction of sp³-hybridized carbons (Fsp3) is 0.375. The van der Waals surface area contributed by atoms with Crippen molar-refractivity contribution < 1.29 is 28.5 Å². The molecule has 0 aliphatic rings. The van der Waals surface area contributed by atoms with Crippen LogP contribution in [-0.4, -0.2) is 51.0 Å². The van der Waals surface area contributed by atoms with Gasteiger partial charge < -0.3 is 24.3 Å². The number of carbonyl (C=O) groups is 2. The van der Waals surface area contributed by atoms with Crippen LogP contribution in [0.5, 0.6) is 23.0 Å². The summed E-state index contributed by atoms with van der Waals surface area (Å²) in [7, 11) is 0. The molecule has 0 aliphatic heterocycles. The van der Waals surface area contributed by atoms with Crippen LogP contribution in [0.25, 0.3) is 0 Å². The number of nitrogens with zero attached hydrogens (tertiary/aromatic N) is 1. The van der Waals surface area contributed by atoms with Crippen LogP contribution in [0.3, 0.4) is 0 Å². The fourth-order valence-electron chi connectivity index (χ4n) is 2.87. The predicted octanol–water partition coefficient (Wildman–Crippen LogP) is 3.16. The summed E-state index contributed by atoms with van der Waals surface area (Å²) in [5.41, 5.74) is 3.40. The van der Waals surface area contributed by atoms with Crippen molar-refractivity contribution in [2.24, 2.45) is 5.10 Å². The zero-order valence-electron chi connectivity index (χ0n) is 19.5. The van der Waals surface area contributed by atoms with Crippen molar-refractivity contribution >= 4 is 18.0 Å². The van der Waals surface area contributed by atoms with Crippen molar-refractivity contribution in [3.05, 3.63) is 47.5 Å². The molecule has 2 aromatic carbocycles. The minimum Gasteiger partial charge on any atom is -0.493 e. The van der Waals surface area contributed by atoms with Gasteiger partial charge in [0.25, 0.3) is 11.8 Å². The summed E-state index contributed by atoms with van der Waals surface area (Å²) >= 11 is 0. The number of carbonyl (C=O) groups excluding carboxylic acids is 2. The van der Waals surface area contributed by atoms with Crippen molar-refractivity contribution in [1.29, 1.82) is 0 Å². The molecule has 178 valence electrons. The summed E-state index contributed by atoms with van der Waals surface area (Å²) < 4.78 is 22.4. The molecule has 0 bridgehead atoms. The number of ether oxygens (including phenoxy) is 4. The first-order valence-corrected chi connectivity index (χ1v) is 10.9. The van der Waals surface area contributed by atoms with E-state index in [2.05, 4.69) is 15.8 Å². The third-order valence-electron chi connectivity index (χ3n) is 4.19. The maximum Gasteiger partial charge on any atom is 0.259 e. The monoisotopic (exact) mass is 457 g/mol. The third kappa shape index (κ3) is 7.71. The van der Waals surface area contributed by atoms with Gasteiger partial charge in [0, 0.05) is 11.1 Å². The summed E-state index contributed by atoms with van der Waals surface area (Å²) in [5, 5.41) is 6.50. The van der Waals surface area contributed by atoms with Gasteiger partial charge in [0.15, 0.2) is 11.5 Å². The van der Waals surface area contributed by atoms with Crippen LogP contribution in [0.1, 0.15) is 43.6 Å². The fourth-order valence-corrected chi connectivity index (χ4v) is 2.87. The zero-order chi connectivity index (χ0) is 24.1. The molecule has 0 saturated carbocycles. The van der Waals surface area contributed by atoms with E-state index >= 15 is 0 Å². The third-order valence-corrected chi connectivity index (χ3v) is 4.19. The van der Waals surface area contributed by atoms with Gasteiger partial charge in [0.1, 0.15) is 5.75 Å². The Kier molecular flexibility index (Phi) is 10.5. The highest BCUT2D eigenvalue weighted by atomic mass is 16.5. The first kappa shape index (κ1) is 25.5. The molecule has 0 radical (unpaired) electrons. The van der Waals surface area contributed by atoms with Crippen LogP contribution in [0.4, 0.5) is 0 Å². The van der Waals surface area contributed by atoms with E-state index in [1.165, 1.54) is 6.21 Å². The average Bonchev–Trinajstić information content (AvgIpc) is 2.81. The minimum atomic E-state index is -0.477. The minimum absolute atomic E-state index is 0.259. The first-order chi connectivity index (χ1) is 16.0. The molecule has 2 amide bonds. The Morgan fingerprint density at radius 1 is 0.848 bits per heavy atom. The van der Waals surface area contributed by atoms with E-state index in [9.17, 15) is 9.59 Å². The Balaban J connectivity index is 2.02. The molecule has 0 spiro atoms. The Morgan fingerprint density at radius 2 is 1.42 bits per heavy atom. The van der Waals surface area contributed by atoms with Gasteiger partial charge >= 0.3 is 0 Å². The van der Waals surface area contributed by atoms with Gasteiger partial charge in [0.2, 0.25) is 5.75 Å². The average molecular weight is 458 g/mol. The van der Waals surface area contributed by atoms with Crippen LogP contribution in [-0.2, 0) is 4.79 Å². The number of para-hydroxylation sites is 1. The molecule has 0 heterocycles. The topological polar surface area (TPSA) is 107 Å². The van der Waals surface area contributed by atoms with Crippen molar-refractivity contribution in [3.8, 4) is 23.0 Å². The van der Waals surface area contributed by atoms with E-state index in [-0.39, 0.29) is 12.1 Å². The first-order valence-electron chi connectivity index (χ1n) is 10.9. The second kappa shape index (κ2) is 13.6. The lowest BCUT2D eigenvalue weighted by atomic mass is 10.1. The molecular weight excluding hydrogens is 426 g/mol. The summed E-state index contributed by atoms with van der Waals surface area (Å²) in [4.78, 5) is 24.8. The number of benzene rings is 2. The molecule has 0 fully saturated rings. The van der Waals surface area contributed by atoms with Crippen LogP contribution >= 0.6 is 0 Å². The number of rotatable bonds is 13. The van der Waals surface area contributed by atoms with Gasteiger partial charge in [-0.1, -0.05) is 12.1 Å². The second-order valence-corrected chi connectivity index (χ2v) is 6.55. The van der Waals surface area contributed by atoms with Gasteiger partial charge in [-0.25, -0.2) is 5.43 Å². The number of amides is 2. The number of hydrazone groups is 1. The lowest BCUT2D eigenvalue weighted by Crippen LogP contribution is -2.35. The lowest BCUT2D eigenvalue weighted by molar-refractivity contribution is -0.120. The number of nitrogens with one attached hydrogen (secondary N) is 2. The van der Waals surface area contributed by atoms with E-state index in [4.69, 9.17) is 18.9 Å². The summed E-state index contributed by atoms with van der Waals surface area (Å²) in [5.74, 6) is 0.972. The molecule has 0 aliphatic carbocycles. The molecule has 0 unspecified atom stereocenters. The molecule has 0 aromatic heterocycles. The second-order valence-electron chi connectivity index (χ2n) is 6.55. The molecule has 2 N–H and O–H groups in total.